The van der Waals surface area contributed by atoms with Crippen LogP contribution in [0.3, 0.4) is 0 Å². The highest BCUT2D eigenvalue weighted by molar-refractivity contribution is 7.99. The largest absolute Gasteiger partial charge is 0.452 e. The molecule has 0 unspecified atom stereocenters. The summed E-state index contributed by atoms with van der Waals surface area (Å²) < 4.78 is 44.7. The van der Waals surface area contributed by atoms with Crippen LogP contribution in [0.15, 0.2) is 138 Å². The van der Waals surface area contributed by atoms with Gasteiger partial charge in [0.2, 0.25) is 0 Å². The standard InChI is InChI=1S/C49H50O10S/c1-31-15-21-36(22-16-31)46(50)57-43-41(30-54-42-28-27-40(34(4)55-42)53-29-35-11-7-5-8-12-35)56-49(60-39-13-9-6-10-14-39)45(59-48(52)38-25-19-33(3)20-26-38)44(43)58-47(51)37-23-17-32(2)18-24-37/h5-26,34,40-45,49H,27-30H2,1-4H3/t34-,40-,41+,42+,43+,44-,45+,49-/m0/s1. The average Bonchev–Trinajstić information content (AvgIpc) is 3.26. The first-order valence-electron chi connectivity index (χ1n) is 20.2. The van der Waals surface area contributed by atoms with Gasteiger partial charge in [-0.05, 0) is 88.2 Å². The van der Waals surface area contributed by atoms with Gasteiger partial charge in [-0.2, -0.15) is 0 Å². The van der Waals surface area contributed by atoms with E-state index in [4.69, 9.17) is 33.2 Å². The van der Waals surface area contributed by atoms with Crippen LogP contribution < -0.4 is 0 Å². The third kappa shape index (κ3) is 11.3. The molecule has 0 aromatic heterocycles. The zero-order valence-corrected chi connectivity index (χ0v) is 35.0. The zero-order chi connectivity index (χ0) is 42.0. The summed E-state index contributed by atoms with van der Waals surface area (Å²) >= 11 is 1.29. The molecule has 11 heteroatoms. The van der Waals surface area contributed by atoms with Crippen LogP contribution in [0, 0.1) is 20.8 Å². The normalized spacial score (nSPS) is 23.9. The van der Waals surface area contributed by atoms with Gasteiger partial charge in [0.1, 0.15) is 11.5 Å². The van der Waals surface area contributed by atoms with E-state index >= 15 is 0 Å². The lowest BCUT2D eigenvalue weighted by molar-refractivity contribution is -0.256. The van der Waals surface area contributed by atoms with E-state index in [2.05, 4.69) is 0 Å². The lowest BCUT2D eigenvalue weighted by atomic mass is 9.98. The quantitative estimate of drug-likeness (QED) is 0.0788. The maximum Gasteiger partial charge on any atom is 0.338 e. The van der Waals surface area contributed by atoms with Crippen molar-refractivity contribution in [1.29, 1.82) is 0 Å². The number of aryl methyl sites for hydroxylation is 3. The van der Waals surface area contributed by atoms with Crippen molar-refractivity contribution in [2.45, 2.75) is 100 Å². The Kier molecular flexibility index (Phi) is 14.5. The van der Waals surface area contributed by atoms with Crippen LogP contribution in [0.1, 0.15) is 73.1 Å². The molecule has 0 radical (unpaired) electrons. The molecule has 2 fully saturated rings. The van der Waals surface area contributed by atoms with Gasteiger partial charge in [-0.1, -0.05) is 113 Å². The van der Waals surface area contributed by atoms with Gasteiger partial charge < -0.3 is 33.2 Å². The van der Waals surface area contributed by atoms with Gasteiger partial charge >= 0.3 is 17.9 Å². The number of carbonyl (C=O) groups is 3. The van der Waals surface area contributed by atoms with Crippen molar-refractivity contribution in [3.63, 3.8) is 0 Å². The van der Waals surface area contributed by atoms with Gasteiger partial charge in [0.15, 0.2) is 24.6 Å². The van der Waals surface area contributed by atoms with E-state index in [1.54, 1.807) is 60.7 Å². The molecule has 0 amide bonds. The van der Waals surface area contributed by atoms with Crippen LogP contribution >= 0.6 is 11.8 Å². The lowest BCUT2D eigenvalue weighted by Crippen LogP contribution is -2.62. The number of rotatable bonds is 14. The Balaban J connectivity index is 1.20. The van der Waals surface area contributed by atoms with Gasteiger partial charge in [-0.3, -0.25) is 0 Å². The topological polar surface area (TPSA) is 116 Å². The molecule has 60 heavy (non-hydrogen) atoms. The highest BCUT2D eigenvalue weighted by Gasteiger charge is 2.53. The van der Waals surface area contributed by atoms with Crippen LogP contribution in [-0.2, 0) is 39.8 Å². The molecule has 7 rings (SSSR count). The first kappa shape index (κ1) is 42.8. The number of thioether (sulfide) groups is 1. The molecular weight excluding hydrogens is 781 g/mol. The Bertz CT molecular complexity index is 2160. The summed E-state index contributed by atoms with van der Waals surface area (Å²) in [6.45, 7) is 8.06. The molecule has 2 aliphatic rings. The van der Waals surface area contributed by atoms with Crippen molar-refractivity contribution in [3.05, 3.63) is 172 Å². The van der Waals surface area contributed by atoms with E-state index in [-0.39, 0.29) is 29.9 Å². The van der Waals surface area contributed by atoms with Crippen molar-refractivity contribution in [2.75, 3.05) is 6.61 Å². The van der Waals surface area contributed by atoms with E-state index in [0.29, 0.717) is 25.0 Å². The summed E-state index contributed by atoms with van der Waals surface area (Å²) in [6.07, 6.45) is -4.70. The summed E-state index contributed by atoms with van der Waals surface area (Å²) in [5, 5.41) is 0. The molecule has 0 aliphatic carbocycles. The number of hydrogen-bond acceptors (Lipinski definition) is 11. The molecule has 0 spiro atoms. The maximum atomic E-state index is 14.1. The Morgan fingerprint density at radius 2 is 1.05 bits per heavy atom. The second kappa shape index (κ2) is 20.3. The first-order valence-corrected chi connectivity index (χ1v) is 21.1. The highest BCUT2D eigenvalue weighted by Crippen LogP contribution is 2.39. The zero-order valence-electron chi connectivity index (χ0n) is 34.1. The van der Waals surface area contributed by atoms with Gasteiger partial charge in [-0.15, -0.1) is 0 Å². The van der Waals surface area contributed by atoms with Crippen LogP contribution in [0.2, 0.25) is 0 Å². The minimum atomic E-state index is -1.34. The molecule has 312 valence electrons. The number of benzene rings is 5. The van der Waals surface area contributed by atoms with Gasteiger partial charge in [-0.25, -0.2) is 14.4 Å². The summed E-state index contributed by atoms with van der Waals surface area (Å²) in [4.78, 5) is 42.8. The summed E-state index contributed by atoms with van der Waals surface area (Å²) in [5.74, 6) is -2.03. The Hall–Kier alpha value is -5.30. The summed E-state index contributed by atoms with van der Waals surface area (Å²) in [6, 6.07) is 40.3. The number of esters is 3. The summed E-state index contributed by atoms with van der Waals surface area (Å²) in [5.41, 5.74) is 3.86. The number of carbonyl (C=O) groups excluding carboxylic acids is 3. The van der Waals surface area contributed by atoms with Crippen molar-refractivity contribution in [2.24, 2.45) is 0 Å². The minimum absolute atomic E-state index is 0.109. The van der Waals surface area contributed by atoms with Gasteiger partial charge in [0.25, 0.3) is 0 Å². The molecule has 5 aromatic rings. The summed E-state index contributed by atoms with van der Waals surface area (Å²) in [7, 11) is 0. The second-order valence-corrected chi connectivity index (χ2v) is 16.4. The van der Waals surface area contributed by atoms with E-state index in [1.165, 1.54) is 11.8 Å². The van der Waals surface area contributed by atoms with Crippen molar-refractivity contribution in [1.82, 2.24) is 0 Å². The predicted molar refractivity (Wildman–Crippen MR) is 227 cm³/mol. The molecule has 2 heterocycles. The minimum Gasteiger partial charge on any atom is -0.452 e. The molecule has 0 bridgehead atoms. The number of hydrogen-bond donors (Lipinski definition) is 0. The van der Waals surface area contributed by atoms with Gasteiger partial charge in [0, 0.05) is 11.3 Å². The lowest BCUT2D eigenvalue weighted by Gasteiger charge is -2.45. The van der Waals surface area contributed by atoms with Crippen molar-refractivity contribution in [3.8, 4) is 0 Å². The van der Waals surface area contributed by atoms with Gasteiger partial charge in [0.05, 0.1) is 42.1 Å². The second-order valence-electron chi connectivity index (χ2n) is 15.2. The Morgan fingerprint density at radius 3 is 1.57 bits per heavy atom. The predicted octanol–water partition coefficient (Wildman–Crippen LogP) is 9.23. The smallest absolute Gasteiger partial charge is 0.338 e. The van der Waals surface area contributed by atoms with Crippen LogP contribution in [-0.4, -0.2) is 72.9 Å². The molecule has 5 aromatic carbocycles. The van der Waals surface area contributed by atoms with Crippen molar-refractivity contribution < 1.29 is 47.5 Å². The molecular formula is C49H50O10S. The fraction of sp³-hybridized carbons (Fsp3) is 0.327. The first-order chi connectivity index (χ1) is 29.1. The third-order valence-electron chi connectivity index (χ3n) is 10.5. The average molecular weight is 831 g/mol. The monoisotopic (exact) mass is 830 g/mol. The molecule has 2 aliphatic heterocycles. The van der Waals surface area contributed by atoms with E-state index in [1.807, 2.05) is 100 Å². The van der Waals surface area contributed by atoms with E-state index in [9.17, 15) is 14.4 Å². The molecule has 10 nitrogen and oxygen atoms in total. The third-order valence-corrected chi connectivity index (χ3v) is 11.7. The van der Waals surface area contributed by atoms with Crippen LogP contribution in [0.25, 0.3) is 0 Å². The van der Waals surface area contributed by atoms with E-state index < -0.39 is 54.0 Å². The molecule has 0 N–H and O–H groups in total. The SMILES string of the molecule is Cc1ccc(C(=O)O[C@@H]2[C@@H](OC(=O)c3ccc(C)cc3)[C@H](Sc3ccccc3)O[C@H](CO[C@H]3CC[C@H](OCc4ccccc4)[C@H](C)O3)[C@H]2OC(=O)c2ccc(C)cc2)cc1. The van der Waals surface area contributed by atoms with Crippen LogP contribution in [0.4, 0.5) is 0 Å². The molecule has 0 saturated carbocycles. The van der Waals surface area contributed by atoms with Crippen molar-refractivity contribution >= 4 is 29.7 Å². The molecule has 8 atom stereocenters. The Labute approximate surface area is 355 Å². The Morgan fingerprint density at radius 1 is 0.567 bits per heavy atom. The van der Waals surface area contributed by atoms with Crippen LogP contribution in [0.5, 0.6) is 0 Å². The fourth-order valence-electron chi connectivity index (χ4n) is 7.04. The van der Waals surface area contributed by atoms with E-state index in [0.717, 1.165) is 27.1 Å². The maximum absolute atomic E-state index is 14.1. The fourth-order valence-corrected chi connectivity index (χ4v) is 8.16. The molecule has 2 saturated heterocycles. The number of ether oxygens (including phenoxy) is 7. The highest BCUT2D eigenvalue weighted by atomic mass is 32.2.